The number of hydrogen-bond acceptors (Lipinski definition) is 3. The molecule has 2 aromatic rings. The van der Waals surface area contributed by atoms with Crippen LogP contribution in [0.5, 0.6) is 0 Å². The molecule has 2 aromatic carbocycles. The number of carbonyl (C=O) groups is 2. The first-order chi connectivity index (χ1) is 13.6. The van der Waals surface area contributed by atoms with Crippen molar-refractivity contribution in [3.63, 3.8) is 0 Å². The highest BCUT2D eigenvalue weighted by atomic mass is 16.2. The molecule has 1 fully saturated rings. The summed E-state index contributed by atoms with van der Waals surface area (Å²) in [5.74, 6) is 0.497. The Hall–Kier alpha value is -2.82. The number of amides is 2. The van der Waals surface area contributed by atoms with Gasteiger partial charge >= 0.3 is 0 Å². The molecule has 0 saturated heterocycles. The second-order valence-corrected chi connectivity index (χ2v) is 7.52. The molecule has 3 rings (SSSR count). The van der Waals surface area contributed by atoms with Crippen LogP contribution in [0.4, 0.5) is 11.4 Å². The van der Waals surface area contributed by atoms with E-state index in [2.05, 4.69) is 16.0 Å². The molecule has 1 aliphatic carbocycles. The lowest BCUT2D eigenvalue weighted by Crippen LogP contribution is -2.29. The monoisotopic (exact) mass is 379 g/mol. The smallest absolute Gasteiger partial charge is 0.226 e. The van der Waals surface area contributed by atoms with Gasteiger partial charge < -0.3 is 16.0 Å². The lowest BCUT2D eigenvalue weighted by atomic mass is 10.0. The zero-order valence-corrected chi connectivity index (χ0v) is 16.4. The van der Waals surface area contributed by atoms with E-state index in [9.17, 15) is 9.59 Å². The molecule has 5 nitrogen and oxygen atoms in total. The fraction of sp³-hybridized carbons (Fsp3) is 0.391. The molecule has 1 saturated carbocycles. The second-order valence-electron chi connectivity index (χ2n) is 7.52. The SMILES string of the molecule is CC(=O)NC(CC(=O)Nc1ccc(NCC2CCCC2)cc1)c1ccccc1. The first-order valence-corrected chi connectivity index (χ1v) is 10.1. The van der Waals surface area contributed by atoms with Crippen LogP contribution in [0.1, 0.15) is 50.6 Å². The average molecular weight is 380 g/mol. The minimum absolute atomic E-state index is 0.130. The van der Waals surface area contributed by atoms with E-state index in [1.807, 2.05) is 54.6 Å². The van der Waals surface area contributed by atoms with Crippen LogP contribution in [0.15, 0.2) is 54.6 Å². The van der Waals surface area contributed by atoms with Gasteiger partial charge in [-0.25, -0.2) is 0 Å². The van der Waals surface area contributed by atoms with Gasteiger partial charge in [-0.15, -0.1) is 0 Å². The normalized spacial score (nSPS) is 15.0. The number of carbonyl (C=O) groups excluding carboxylic acids is 2. The van der Waals surface area contributed by atoms with Gasteiger partial charge in [-0.3, -0.25) is 9.59 Å². The second kappa shape index (κ2) is 9.93. The molecule has 5 heteroatoms. The molecule has 0 aliphatic heterocycles. The number of hydrogen-bond donors (Lipinski definition) is 3. The van der Waals surface area contributed by atoms with Crippen LogP contribution >= 0.6 is 0 Å². The maximum Gasteiger partial charge on any atom is 0.226 e. The maximum atomic E-state index is 12.5. The summed E-state index contributed by atoms with van der Waals surface area (Å²) in [6.45, 7) is 2.48. The summed E-state index contributed by atoms with van der Waals surface area (Å²) in [6, 6.07) is 17.0. The van der Waals surface area contributed by atoms with Crippen LogP contribution in [-0.2, 0) is 9.59 Å². The van der Waals surface area contributed by atoms with E-state index in [0.717, 1.165) is 29.4 Å². The van der Waals surface area contributed by atoms with E-state index < -0.39 is 0 Å². The molecule has 1 aliphatic rings. The molecule has 0 spiro atoms. The van der Waals surface area contributed by atoms with Gasteiger partial charge in [0.25, 0.3) is 0 Å². The van der Waals surface area contributed by atoms with E-state index >= 15 is 0 Å². The Kier molecular flexibility index (Phi) is 7.06. The Morgan fingerprint density at radius 2 is 1.61 bits per heavy atom. The summed E-state index contributed by atoms with van der Waals surface area (Å²) in [6.07, 6.45) is 5.51. The fourth-order valence-electron chi connectivity index (χ4n) is 3.73. The van der Waals surface area contributed by atoms with E-state index in [4.69, 9.17) is 0 Å². The zero-order chi connectivity index (χ0) is 19.8. The van der Waals surface area contributed by atoms with Crippen molar-refractivity contribution >= 4 is 23.2 Å². The molecule has 3 N–H and O–H groups in total. The number of nitrogens with one attached hydrogen (secondary N) is 3. The molecular formula is C23H29N3O2. The van der Waals surface area contributed by atoms with E-state index in [1.54, 1.807) is 0 Å². The third kappa shape index (κ3) is 6.12. The highest BCUT2D eigenvalue weighted by Gasteiger charge is 2.17. The van der Waals surface area contributed by atoms with Gasteiger partial charge in [0, 0.05) is 24.8 Å². The van der Waals surface area contributed by atoms with Crippen molar-refractivity contribution in [1.29, 1.82) is 0 Å². The Labute approximate surface area is 166 Å². The van der Waals surface area contributed by atoms with Crippen molar-refractivity contribution in [1.82, 2.24) is 5.32 Å². The van der Waals surface area contributed by atoms with Gasteiger partial charge in [-0.05, 0) is 48.6 Å². The molecule has 0 heterocycles. The van der Waals surface area contributed by atoms with E-state index in [0.29, 0.717) is 0 Å². The standard InChI is InChI=1S/C23H29N3O2/c1-17(27)25-22(19-9-3-2-4-10-19)15-23(28)26-21-13-11-20(12-14-21)24-16-18-7-5-6-8-18/h2-4,9-14,18,22,24H,5-8,15-16H2,1H3,(H,25,27)(H,26,28). The predicted octanol–water partition coefficient (Wildman–Crippen LogP) is 4.49. The van der Waals surface area contributed by atoms with Crippen LogP contribution in [0, 0.1) is 5.92 Å². The van der Waals surface area contributed by atoms with Gasteiger partial charge in [-0.1, -0.05) is 43.2 Å². The zero-order valence-electron chi connectivity index (χ0n) is 16.4. The van der Waals surface area contributed by atoms with Crippen LogP contribution in [0.3, 0.4) is 0 Å². The number of anilines is 2. The highest BCUT2D eigenvalue weighted by molar-refractivity contribution is 5.91. The average Bonchev–Trinajstić information content (AvgIpc) is 3.21. The Morgan fingerprint density at radius 3 is 2.25 bits per heavy atom. The van der Waals surface area contributed by atoms with Gasteiger partial charge in [0.1, 0.15) is 0 Å². The Bertz CT molecular complexity index is 768. The molecule has 2 amide bonds. The van der Waals surface area contributed by atoms with Gasteiger partial charge in [0.05, 0.1) is 12.5 Å². The summed E-state index contributed by atoms with van der Waals surface area (Å²) in [4.78, 5) is 24.0. The molecule has 1 atom stereocenters. The van der Waals surface area contributed by atoms with Crippen molar-refractivity contribution in [3.8, 4) is 0 Å². The topological polar surface area (TPSA) is 70.2 Å². The minimum atomic E-state index is -0.342. The number of benzene rings is 2. The highest BCUT2D eigenvalue weighted by Crippen LogP contribution is 2.25. The van der Waals surface area contributed by atoms with Crippen molar-refractivity contribution < 1.29 is 9.59 Å². The van der Waals surface area contributed by atoms with Crippen molar-refractivity contribution in [2.45, 2.75) is 45.1 Å². The van der Waals surface area contributed by atoms with Crippen LogP contribution in [-0.4, -0.2) is 18.4 Å². The fourth-order valence-corrected chi connectivity index (χ4v) is 3.73. The Morgan fingerprint density at radius 1 is 0.964 bits per heavy atom. The van der Waals surface area contributed by atoms with Crippen molar-refractivity contribution in [2.24, 2.45) is 5.92 Å². The van der Waals surface area contributed by atoms with E-state index in [-0.39, 0.29) is 24.3 Å². The number of rotatable bonds is 8. The van der Waals surface area contributed by atoms with Gasteiger partial charge in [0.15, 0.2) is 0 Å². The molecule has 28 heavy (non-hydrogen) atoms. The van der Waals surface area contributed by atoms with Crippen molar-refractivity contribution in [2.75, 3.05) is 17.2 Å². The first-order valence-electron chi connectivity index (χ1n) is 10.1. The quantitative estimate of drug-likeness (QED) is 0.633. The minimum Gasteiger partial charge on any atom is -0.385 e. The van der Waals surface area contributed by atoms with Crippen LogP contribution in [0.25, 0.3) is 0 Å². The lowest BCUT2D eigenvalue weighted by Gasteiger charge is -2.18. The third-order valence-corrected chi connectivity index (χ3v) is 5.21. The molecule has 1 unspecified atom stereocenters. The third-order valence-electron chi connectivity index (χ3n) is 5.21. The van der Waals surface area contributed by atoms with Crippen molar-refractivity contribution in [3.05, 3.63) is 60.2 Å². The maximum absolute atomic E-state index is 12.5. The van der Waals surface area contributed by atoms with E-state index in [1.165, 1.54) is 32.6 Å². The summed E-state index contributed by atoms with van der Waals surface area (Å²) in [7, 11) is 0. The summed E-state index contributed by atoms with van der Waals surface area (Å²) < 4.78 is 0. The molecule has 0 bridgehead atoms. The first kappa shape index (κ1) is 19.9. The lowest BCUT2D eigenvalue weighted by molar-refractivity contribution is -0.120. The Balaban J connectivity index is 1.53. The molecular weight excluding hydrogens is 350 g/mol. The predicted molar refractivity (Wildman–Crippen MR) is 113 cm³/mol. The summed E-state index contributed by atoms with van der Waals surface area (Å²) in [5.41, 5.74) is 2.75. The van der Waals surface area contributed by atoms with Crippen LogP contribution in [0.2, 0.25) is 0 Å². The largest absolute Gasteiger partial charge is 0.385 e. The summed E-state index contributed by atoms with van der Waals surface area (Å²) in [5, 5.41) is 9.26. The molecule has 0 aromatic heterocycles. The van der Waals surface area contributed by atoms with Gasteiger partial charge in [0.2, 0.25) is 11.8 Å². The molecule has 0 radical (unpaired) electrons. The molecule has 148 valence electrons. The van der Waals surface area contributed by atoms with Gasteiger partial charge in [-0.2, -0.15) is 0 Å². The summed E-state index contributed by atoms with van der Waals surface area (Å²) >= 11 is 0. The van der Waals surface area contributed by atoms with Crippen LogP contribution < -0.4 is 16.0 Å².